The molecule has 0 atom stereocenters. The summed E-state index contributed by atoms with van der Waals surface area (Å²) in [5, 5.41) is 3.31. The number of nitrogens with one attached hydrogen (secondary N) is 1. The number of anilines is 1. The van der Waals surface area contributed by atoms with Crippen LogP contribution in [-0.4, -0.2) is 31.1 Å². The average Bonchev–Trinajstić information content (AvgIpc) is 2.99. The second kappa shape index (κ2) is 7.62. The first kappa shape index (κ1) is 16.0. The van der Waals surface area contributed by atoms with Crippen LogP contribution < -0.4 is 5.32 Å². The number of rotatable bonds is 6. The molecule has 1 fully saturated rings. The second-order valence-electron chi connectivity index (χ2n) is 5.98. The average molecular weight is 318 g/mol. The molecule has 0 spiro atoms. The number of hydrogen-bond donors (Lipinski definition) is 1. The van der Waals surface area contributed by atoms with Crippen molar-refractivity contribution in [1.29, 1.82) is 0 Å². The number of ether oxygens (including phenoxy) is 1. The Balaban J connectivity index is 1.47. The van der Waals surface area contributed by atoms with E-state index in [-0.39, 0.29) is 5.82 Å². The Hall–Kier alpha value is -1.85. The molecule has 1 aliphatic rings. The summed E-state index contributed by atoms with van der Waals surface area (Å²) in [4.78, 5) is 2.37. The number of furan rings is 1. The van der Waals surface area contributed by atoms with Gasteiger partial charge in [0.25, 0.3) is 0 Å². The van der Waals surface area contributed by atoms with Crippen molar-refractivity contribution >= 4 is 5.69 Å². The van der Waals surface area contributed by atoms with Crippen LogP contribution >= 0.6 is 0 Å². The van der Waals surface area contributed by atoms with E-state index < -0.39 is 0 Å². The van der Waals surface area contributed by atoms with E-state index in [0.29, 0.717) is 18.3 Å². The third-order valence-corrected chi connectivity index (χ3v) is 4.20. The van der Waals surface area contributed by atoms with Crippen LogP contribution in [-0.2, 0) is 17.9 Å². The van der Waals surface area contributed by atoms with Gasteiger partial charge in [0, 0.05) is 26.2 Å². The van der Waals surface area contributed by atoms with E-state index in [1.54, 1.807) is 19.2 Å². The Morgan fingerprint density at radius 2 is 1.91 bits per heavy atom. The molecule has 4 nitrogen and oxygen atoms in total. The largest absolute Gasteiger partial charge is 0.462 e. The molecule has 3 rings (SSSR count). The highest BCUT2D eigenvalue weighted by Crippen LogP contribution is 2.20. The Morgan fingerprint density at radius 3 is 2.65 bits per heavy atom. The van der Waals surface area contributed by atoms with Crippen molar-refractivity contribution in [3.05, 3.63) is 53.7 Å². The van der Waals surface area contributed by atoms with Crippen molar-refractivity contribution in [2.45, 2.75) is 32.0 Å². The maximum absolute atomic E-state index is 13.7. The maximum Gasteiger partial charge on any atom is 0.146 e. The Bertz CT molecular complexity index is 621. The summed E-state index contributed by atoms with van der Waals surface area (Å²) in [6.07, 6.45) is 2.00. The molecule has 5 heteroatoms. The first-order chi connectivity index (χ1) is 11.2. The number of para-hydroxylation sites is 1. The first-order valence-electron chi connectivity index (χ1n) is 8.04. The summed E-state index contributed by atoms with van der Waals surface area (Å²) in [6.45, 7) is 3.28. The third kappa shape index (κ3) is 4.33. The molecule has 0 amide bonds. The van der Waals surface area contributed by atoms with Crippen LogP contribution in [0.5, 0.6) is 0 Å². The summed E-state index contributed by atoms with van der Waals surface area (Å²) in [5.74, 6) is 1.65. The van der Waals surface area contributed by atoms with Gasteiger partial charge in [0.1, 0.15) is 23.9 Å². The van der Waals surface area contributed by atoms with Crippen LogP contribution in [0.3, 0.4) is 0 Å². The summed E-state index contributed by atoms with van der Waals surface area (Å²) < 4.78 is 24.5. The number of hydrogen-bond acceptors (Lipinski definition) is 4. The smallest absolute Gasteiger partial charge is 0.146 e. The fourth-order valence-electron chi connectivity index (χ4n) is 2.98. The van der Waals surface area contributed by atoms with Gasteiger partial charge in [0.15, 0.2) is 0 Å². The van der Waals surface area contributed by atoms with E-state index in [9.17, 15) is 4.39 Å². The minimum Gasteiger partial charge on any atom is -0.462 e. The molecule has 0 bridgehead atoms. The molecule has 23 heavy (non-hydrogen) atoms. The molecule has 0 aliphatic carbocycles. The minimum absolute atomic E-state index is 0.184. The summed E-state index contributed by atoms with van der Waals surface area (Å²) >= 11 is 0. The van der Waals surface area contributed by atoms with Gasteiger partial charge in [0.05, 0.1) is 12.2 Å². The Morgan fingerprint density at radius 1 is 1.17 bits per heavy atom. The molecule has 2 heterocycles. The lowest BCUT2D eigenvalue weighted by Crippen LogP contribution is -2.38. The van der Waals surface area contributed by atoms with E-state index >= 15 is 0 Å². The van der Waals surface area contributed by atoms with Crippen molar-refractivity contribution in [2.75, 3.05) is 25.5 Å². The zero-order valence-electron chi connectivity index (χ0n) is 13.4. The highest BCUT2D eigenvalue weighted by molar-refractivity contribution is 5.45. The van der Waals surface area contributed by atoms with Gasteiger partial charge in [-0.15, -0.1) is 0 Å². The van der Waals surface area contributed by atoms with E-state index in [1.165, 1.54) is 6.07 Å². The van der Waals surface area contributed by atoms with Crippen LogP contribution in [0.1, 0.15) is 24.4 Å². The van der Waals surface area contributed by atoms with Crippen molar-refractivity contribution in [1.82, 2.24) is 4.90 Å². The molecule has 2 aromatic rings. The topological polar surface area (TPSA) is 37.6 Å². The van der Waals surface area contributed by atoms with E-state index in [4.69, 9.17) is 9.15 Å². The molecule has 124 valence electrons. The number of benzene rings is 1. The van der Waals surface area contributed by atoms with Crippen molar-refractivity contribution in [2.24, 2.45) is 0 Å². The lowest BCUT2D eigenvalue weighted by Gasteiger charge is -2.32. The van der Waals surface area contributed by atoms with E-state index in [1.807, 2.05) is 18.2 Å². The van der Waals surface area contributed by atoms with Crippen molar-refractivity contribution in [3.63, 3.8) is 0 Å². The summed E-state index contributed by atoms with van der Waals surface area (Å²) in [5.41, 5.74) is 0.598. The van der Waals surface area contributed by atoms with Gasteiger partial charge in [-0.1, -0.05) is 12.1 Å². The number of methoxy groups -OCH3 is 1. The molecule has 0 radical (unpaired) electrons. The van der Waals surface area contributed by atoms with E-state index in [2.05, 4.69) is 10.2 Å². The van der Waals surface area contributed by atoms with Crippen LogP contribution in [0.25, 0.3) is 0 Å². The Kier molecular flexibility index (Phi) is 5.31. The number of halogens is 1. The van der Waals surface area contributed by atoms with Gasteiger partial charge in [0.2, 0.25) is 0 Å². The first-order valence-corrected chi connectivity index (χ1v) is 8.04. The molecular formula is C18H23FN2O2. The second-order valence-corrected chi connectivity index (χ2v) is 5.98. The molecule has 0 saturated carbocycles. The van der Waals surface area contributed by atoms with Gasteiger partial charge < -0.3 is 14.5 Å². The highest BCUT2D eigenvalue weighted by atomic mass is 19.1. The monoisotopic (exact) mass is 318 g/mol. The fourth-order valence-corrected chi connectivity index (χ4v) is 2.98. The maximum atomic E-state index is 13.7. The molecule has 0 unspecified atom stereocenters. The minimum atomic E-state index is -0.184. The Labute approximate surface area is 136 Å². The fraction of sp³-hybridized carbons (Fsp3) is 0.444. The molecule has 1 aliphatic heterocycles. The number of likely N-dealkylation sites (tertiary alicyclic amines) is 1. The van der Waals surface area contributed by atoms with Crippen LogP contribution in [0.15, 0.2) is 40.8 Å². The summed E-state index contributed by atoms with van der Waals surface area (Å²) in [6, 6.07) is 11.2. The highest BCUT2D eigenvalue weighted by Gasteiger charge is 2.20. The third-order valence-electron chi connectivity index (χ3n) is 4.20. The normalized spacial score (nSPS) is 16.6. The predicted octanol–water partition coefficient (Wildman–Crippen LogP) is 3.64. The lowest BCUT2D eigenvalue weighted by atomic mass is 10.0. The van der Waals surface area contributed by atoms with Crippen LogP contribution in [0.2, 0.25) is 0 Å². The van der Waals surface area contributed by atoms with Crippen LogP contribution in [0.4, 0.5) is 10.1 Å². The number of nitrogens with zero attached hydrogens (tertiary/aromatic N) is 1. The van der Waals surface area contributed by atoms with Gasteiger partial charge in [-0.2, -0.15) is 0 Å². The standard InChI is InChI=1S/C18H23FN2O2/c1-22-13-16-7-6-15(23-16)12-21-10-8-14(9-11-21)20-18-5-3-2-4-17(18)19/h2-7,14,20H,8-13H2,1H3. The molecule has 1 saturated heterocycles. The predicted molar refractivity (Wildman–Crippen MR) is 87.7 cm³/mol. The molecule has 1 N–H and O–H groups in total. The van der Waals surface area contributed by atoms with Gasteiger partial charge in [-0.3, -0.25) is 4.90 Å². The van der Waals surface area contributed by atoms with E-state index in [0.717, 1.165) is 44.0 Å². The van der Waals surface area contributed by atoms with Gasteiger partial charge in [-0.25, -0.2) is 4.39 Å². The summed E-state index contributed by atoms with van der Waals surface area (Å²) in [7, 11) is 1.66. The molecular weight excluding hydrogens is 295 g/mol. The van der Waals surface area contributed by atoms with Crippen molar-refractivity contribution in [3.8, 4) is 0 Å². The van der Waals surface area contributed by atoms with Gasteiger partial charge >= 0.3 is 0 Å². The van der Waals surface area contributed by atoms with Crippen molar-refractivity contribution < 1.29 is 13.5 Å². The SMILES string of the molecule is COCc1ccc(CN2CCC(Nc3ccccc3F)CC2)o1. The quantitative estimate of drug-likeness (QED) is 0.882. The molecule has 1 aromatic carbocycles. The van der Waals surface area contributed by atoms with Crippen LogP contribution in [0, 0.1) is 5.82 Å². The lowest BCUT2D eigenvalue weighted by molar-refractivity contribution is 0.155. The zero-order valence-corrected chi connectivity index (χ0v) is 13.4. The number of piperidine rings is 1. The zero-order chi connectivity index (χ0) is 16.1. The molecule has 1 aromatic heterocycles. The van der Waals surface area contributed by atoms with Gasteiger partial charge in [-0.05, 0) is 37.1 Å².